The van der Waals surface area contributed by atoms with Gasteiger partial charge in [-0.15, -0.1) is 11.3 Å². The highest BCUT2D eigenvalue weighted by Gasteiger charge is 2.21. The van der Waals surface area contributed by atoms with E-state index in [-0.39, 0.29) is 5.95 Å². The number of anilines is 3. The Morgan fingerprint density at radius 2 is 1.62 bits per heavy atom. The molecule has 11 nitrogen and oxygen atoms in total. The van der Waals surface area contributed by atoms with Crippen LogP contribution in [-0.4, -0.2) is 95.5 Å². The summed E-state index contributed by atoms with van der Waals surface area (Å²) in [5.74, 6) is 2.59. The van der Waals surface area contributed by atoms with Crippen molar-refractivity contribution in [3.05, 3.63) is 36.8 Å². The molecule has 0 aliphatic carbocycles. The molecule has 2 saturated heterocycles. The van der Waals surface area contributed by atoms with Crippen LogP contribution in [0.5, 0.6) is 0 Å². The van der Waals surface area contributed by atoms with Gasteiger partial charge in [0.15, 0.2) is 11.6 Å². The number of nitrogens with zero attached hydrogens (tertiary/aromatic N) is 7. The van der Waals surface area contributed by atoms with E-state index >= 15 is 0 Å². The van der Waals surface area contributed by atoms with Crippen LogP contribution in [0.15, 0.2) is 36.8 Å². The second-order valence-electron chi connectivity index (χ2n) is 8.94. The van der Waals surface area contributed by atoms with Crippen LogP contribution in [-0.2, 0) is 9.47 Å². The molecule has 0 spiro atoms. The van der Waals surface area contributed by atoms with E-state index in [2.05, 4.69) is 42.2 Å². The number of nitrogens with one attached hydrogen (secondary N) is 1. The van der Waals surface area contributed by atoms with E-state index in [4.69, 9.17) is 25.2 Å². The number of aromatic nitrogens is 5. The Hall–Kier alpha value is -3.45. The number of hydrogen-bond donors (Lipinski definition) is 2. The van der Waals surface area contributed by atoms with Crippen molar-refractivity contribution >= 4 is 39.1 Å². The second kappa shape index (κ2) is 10.9. The fraction of sp³-hybridized carbons (Fsp3) is 0.400. The third kappa shape index (κ3) is 5.47. The van der Waals surface area contributed by atoms with Crippen molar-refractivity contribution in [3.63, 3.8) is 0 Å². The Morgan fingerprint density at radius 3 is 2.35 bits per heavy atom. The van der Waals surface area contributed by atoms with Gasteiger partial charge in [-0.05, 0) is 18.2 Å². The highest BCUT2D eigenvalue weighted by molar-refractivity contribution is 7.22. The fourth-order valence-corrected chi connectivity index (χ4v) is 5.54. The molecule has 0 radical (unpaired) electrons. The molecule has 6 rings (SSSR count). The Morgan fingerprint density at radius 1 is 0.892 bits per heavy atom. The molecule has 192 valence electrons. The van der Waals surface area contributed by atoms with E-state index in [0.29, 0.717) is 19.0 Å². The standard InChI is InChI=1S/C25H29N9O2S/c26-25-29-15-18(16-30-25)23-31-19-13-20(37-22(19)24(32-23)34-7-11-36-12-8-34)17-1-2-21(28-14-17)27-3-4-33-5-9-35-10-6-33/h1-2,13-16H,3-12H2,(H,27,28)(H2,26,29,30). The molecule has 12 heteroatoms. The zero-order chi connectivity index (χ0) is 25.0. The average molecular weight is 520 g/mol. The van der Waals surface area contributed by atoms with Gasteiger partial charge in [-0.3, -0.25) is 4.90 Å². The Kier molecular flexibility index (Phi) is 7.04. The van der Waals surface area contributed by atoms with Gasteiger partial charge < -0.3 is 25.4 Å². The fourth-order valence-electron chi connectivity index (χ4n) is 4.44. The number of morpholine rings is 2. The van der Waals surface area contributed by atoms with Gasteiger partial charge in [0, 0.05) is 68.3 Å². The molecule has 37 heavy (non-hydrogen) atoms. The van der Waals surface area contributed by atoms with Crippen molar-refractivity contribution in [1.29, 1.82) is 0 Å². The van der Waals surface area contributed by atoms with Crippen LogP contribution < -0.4 is 16.0 Å². The zero-order valence-corrected chi connectivity index (χ0v) is 21.3. The summed E-state index contributed by atoms with van der Waals surface area (Å²) >= 11 is 1.68. The lowest BCUT2D eigenvalue weighted by Crippen LogP contribution is -2.39. The van der Waals surface area contributed by atoms with Crippen LogP contribution in [0.2, 0.25) is 0 Å². The maximum atomic E-state index is 5.68. The predicted octanol–water partition coefficient (Wildman–Crippen LogP) is 2.37. The van der Waals surface area contributed by atoms with Crippen LogP contribution in [0, 0.1) is 0 Å². The van der Waals surface area contributed by atoms with Crippen molar-refractivity contribution in [3.8, 4) is 21.8 Å². The summed E-state index contributed by atoms with van der Waals surface area (Å²) in [7, 11) is 0. The lowest BCUT2D eigenvalue weighted by atomic mass is 10.2. The monoisotopic (exact) mass is 519 g/mol. The maximum Gasteiger partial charge on any atom is 0.219 e. The van der Waals surface area contributed by atoms with E-state index in [1.165, 1.54) is 0 Å². The molecular weight excluding hydrogens is 490 g/mol. The first-order chi connectivity index (χ1) is 18.2. The van der Waals surface area contributed by atoms with Crippen LogP contribution in [0.3, 0.4) is 0 Å². The van der Waals surface area contributed by atoms with Crippen molar-refractivity contribution in [2.45, 2.75) is 0 Å². The largest absolute Gasteiger partial charge is 0.379 e. The summed E-state index contributed by atoms with van der Waals surface area (Å²) in [6, 6.07) is 6.24. The Bertz CT molecular complexity index is 1340. The molecule has 0 aromatic carbocycles. The quantitative estimate of drug-likeness (QED) is 0.373. The van der Waals surface area contributed by atoms with Gasteiger partial charge in [-0.2, -0.15) is 0 Å². The van der Waals surface area contributed by atoms with Gasteiger partial charge in [0.05, 0.1) is 42.2 Å². The van der Waals surface area contributed by atoms with Gasteiger partial charge in [0.25, 0.3) is 0 Å². The summed E-state index contributed by atoms with van der Waals surface area (Å²) in [6.07, 6.45) is 5.24. The lowest BCUT2D eigenvalue weighted by Gasteiger charge is -2.28. The molecule has 0 amide bonds. The predicted molar refractivity (Wildman–Crippen MR) is 145 cm³/mol. The first-order valence-electron chi connectivity index (χ1n) is 12.5. The number of hydrogen-bond acceptors (Lipinski definition) is 12. The van der Waals surface area contributed by atoms with E-state index in [1.807, 2.05) is 12.3 Å². The molecule has 0 bridgehead atoms. The molecule has 3 N–H and O–H groups in total. The molecular formula is C25H29N9O2S. The molecule has 0 saturated carbocycles. The minimum absolute atomic E-state index is 0.225. The molecule has 2 aliphatic rings. The number of thiophene rings is 1. The van der Waals surface area contributed by atoms with E-state index in [0.717, 1.165) is 90.3 Å². The van der Waals surface area contributed by atoms with E-state index in [9.17, 15) is 0 Å². The number of pyridine rings is 1. The number of ether oxygens (including phenoxy) is 2. The number of fused-ring (bicyclic) bond motifs is 1. The molecule has 2 fully saturated rings. The highest BCUT2D eigenvalue weighted by Crippen LogP contribution is 2.38. The summed E-state index contributed by atoms with van der Waals surface area (Å²) in [6.45, 7) is 8.35. The van der Waals surface area contributed by atoms with Crippen molar-refractivity contribution in [1.82, 2.24) is 29.8 Å². The molecule has 4 aromatic rings. The SMILES string of the molecule is Nc1ncc(-c2nc(N3CCOCC3)c3sc(-c4ccc(NCCN5CCOCC5)nc4)cc3n2)cn1. The van der Waals surface area contributed by atoms with Crippen molar-refractivity contribution < 1.29 is 9.47 Å². The smallest absolute Gasteiger partial charge is 0.219 e. The van der Waals surface area contributed by atoms with Gasteiger partial charge in [0.2, 0.25) is 5.95 Å². The highest BCUT2D eigenvalue weighted by atomic mass is 32.1. The van der Waals surface area contributed by atoms with Crippen LogP contribution in [0.1, 0.15) is 0 Å². The first kappa shape index (κ1) is 23.9. The Labute approximate surface area is 218 Å². The van der Waals surface area contributed by atoms with Crippen LogP contribution >= 0.6 is 11.3 Å². The third-order valence-corrected chi connectivity index (χ3v) is 7.65. The van der Waals surface area contributed by atoms with Crippen molar-refractivity contribution in [2.75, 3.05) is 81.6 Å². The second-order valence-corrected chi connectivity index (χ2v) is 9.99. The summed E-state index contributed by atoms with van der Waals surface area (Å²) in [4.78, 5) is 28.4. The summed E-state index contributed by atoms with van der Waals surface area (Å²) in [5, 5.41) is 3.43. The molecule has 2 aliphatic heterocycles. The van der Waals surface area contributed by atoms with E-state index in [1.54, 1.807) is 23.7 Å². The lowest BCUT2D eigenvalue weighted by molar-refractivity contribution is 0.0398. The molecule has 6 heterocycles. The number of nitrogen functional groups attached to an aromatic ring is 1. The molecule has 0 unspecified atom stereocenters. The third-order valence-electron chi connectivity index (χ3n) is 6.48. The minimum atomic E-state index is 0.225. The topological polar surface area (TPSA) is 127 Å². The number of nitrogens with two attached hydrogens (primary N) is 1. The van der Waals surface area contributed by atoms with Gasteiger partial charge in [-0.1, -0.05) is 0 Å². The van der Waals surface area contributed by atoms with Crippen LogP contribution in [0.25, 0.3) is 32.0 Å². The van der Waals surface area contributed by atoms with Gasteiger partial charge in [0.1, 0.15) is 5.82 Å². The van der Waals surface area contributed by atoms with Gasteiger partial charge in [-0.25, -0.2) is 24.9 Å². The summed E-state index contributed by atoms with van der Waals surface area (Å²) < 4.78 is 12.0. The van der Waals surface area contributed by atoms with Gasteiger partial charge >= 0.3 is 0 Å². The van der Waals surface area contributed by atoms with E-state index < -0.39 is 0 Å². The summed E-state index contributed by atoms with van der Waals surface area (Å²) in [5.41, 5.74) is 8.34. The normalized spacial score (nSPS) is 16.8. The zero-order valence-electron chi connectivity index (χ0n) is 20.5. The maximum absolute atomic E-state index is 5.68. The first-order valence-corrected chi connectivity index (χ1v) is 13.3. The molecule has 4 aromatic heterocycles. The minimum Gasteiger partial charge on any atom is -0.379 e. The molecule has 0 atom stereocenters. The number of rotatable bonds is 7. The van der Waals surface area contributed by atoms with Crippen LogP contribution in [0.4, 0.5) is 17.6 Å². The average Bonchev–Trinajstić information content (AvgIpc) is 3.39. The van der Waals surface area contributed by atoms with Crippen molar-refractivity contribution in [2.24, 2.45) is 0 Å². The Balaban J connectivity index is 1.25.